The Morgan fingerprint density at radius 1 is 1.05 bits per heavy atom. The van der Waals surface area contributed by atoms with E-state index in [0.717, 1.165) is 0 Å². The molecule has 0 radical (unpaired) electrons. The fraction of sp³-hybridized carbons (Fsp3) is 0.867. The number of hydrogen-bond donors (Lipinski definition) is 1. The Hall–Kier alpha value is -1.26. The zero-order valence-corrected chi connectivity index (χ0v) is 14.3. The molecule has 1 N–H and O–H groups in total. The molecule has 0 aromatic rings. The molecule has 5 heteroatoms. The SMILES string of the molecule is CC(C)N(C)C(=O)[C@@H](NC(=O)OC(C)(C)C)C(C)(C)C. The van der Waals surface area contributed by atoms with Crippen LogP contribution in [0.3, 0.4) is 0 Å². The first-order chi connectivity index (χ1) is 8.75. The van der Waals surface area contributed by atoms with Crippen LogP contribution in [-0.4, -0.2) is 41.6 Å². The van der Waals surface area contributed by atoms with E-state index in [0.29, 0.717) is 0 Å². The third-order valence-corrected chi connectivity index (χ3v) is 2.90. The van der Waals surface area contributed by atoms with E-state index in [-0.39, 0.29) is 11.9 Å². The Kier molecular flexibility index (Phi) is 6.05. The Morgan fingerprint density at radius 3 is 1.80 bits per heavy atom. The molecule has 0 aromatic carbocycles. The minimum atomic E-state index is -0.621. The first kappa shape index (κ1) is 18.7. The smallest absolute Gasteiger partial charge is 0.408 e. The van der Waals surface area contributed by atoms with Gasteiger partial charge in [-0.15, -0.1) is 0 Å². The van der Waals surface area contributed by atoms with Gasteiger partial charge in [-0.3, -0.25) is 4.79 Å². The summed E-state index contributed by atoms with van der Waals surface area (Å²) in [5.41, 5.74) is -0.976. The number of likely N-dealkylation sites (N-methyl/N-ethyl adjacent to an activating group) is 1. The van der Waals surface area contributed by atoms with Crippen molar-refractivity contribution in [3.8, 4) is 0 Å². The molecule has 0 aromatic heterocycles. The van der Waals surface area contributed by atoms with Gasteiger partial charge in [-0.1, -0.05) is 20.8 Å². The third-order valence-electron chi connectivity index (χ3n) is 2.90. The second-order valence-electron chi connectivity index (χ2n) is 7.49. The van der Waals surface area contributed by atoms with Crippen molar-refractivity contribution in [2.45, 2.75) is 73.1 Å². The maximum atomic E-state index is 12.5. The van der Waals surface area contributed by atoms with Crippen LogP contribution in [0.2, 0.25) is 0 Å². The molecule has 0 aliphatic rings. The zero-order valence-electron chi connectivity index (χ0n) is 14.3. The van der Waals surface area contributed by atoms with Crippen molar-refractivity contribution < 1.29 is 14.3 Å². The topological polar surface area (TPSA) is 58.6 Å². The summed E-state index contributed by atoms with van der Waals surface area (Å²) in [6.45, 7) is 15.0. The highest BCUT2D eigenvalue weighted by molar-refractivity contribution is 5.86. The molecule has 0 aliphatic carbocycles. The standard InChI is InChI=1S/C15H30N2O3/c1-10(2)17(9)12(18)11(14(3,4)5)16-13(19)20-15(6,7)8/h10-11H,1-9H3,(H,16,19)/t11-/m1/s1. The van der Waals surface area contributed by atoms with Crippen molar-refractivity contribution in [2.24, 2.45) is 5.41 Å². The molecule has 0 aliphatic heterocycles. The van der Waals surface area contributed by atoms with Crippen molar-refractivity contribution >= 4 is 12.0 Å². The maximum Gasteiger partial charge on any atom is 0.408 e. The van der Waals surface area contributed by atoms with Gasteiger partial charge in [-0.2, -0.15) is 0 Å². The van der Waals surface area contributed by atoms with E-state index in [2.05, 4.69) is 5.32 Å². The van der Waals surface area contributed by atoms with Gasteiger partial charge in [0.25, 0.3) is 0 Å². The van der Waals surface area contributed by atoms with Crippen LogP contribution in [0.5, 0.6) is 0 Å². The molecule has 0 saturated heterocycles. The Labute approximate surface area is 123 Å². The molecule has 0 saturated carbocycles. The lowest BCUT2D eigenvalue weighted by molar-refractivity contribution is -0.136. The predicted molar refractivity (Wildman–Crippen MR) is 80.5 cm³/mol. The van der Waals surface area contributed by atoms with Crippen LogP contribution in [0.1, 0.15) is 55.4 Å². The third kappa shape index (κ3) is 6.26. The van der Waals surface area contributed by atoms with Crippen molar-refractivity contribution in [2.75, 3.05) is 7.05 Å². The van der Waals surface area contributed by atoms with E-state index in [1.165, 1.54) is 0 Å². The van der Waals surface area contributed by atoms with Gasteiger partial charge < -0.3 is 15.0 Å². The van der Waals surface area contributed by atoms with Crippen molar-refractivity contribution in [3.05, 3.63) is 0 Å². The summed E-state index contributed by atoms with van der Waals surface area (Å²) in [7, 11) is 1.74. The van der Waals surface area contributed by atoms with Gasteiger partial charge >= 0.3 is 6.09 Å². The molecular formula is C15H30N2O3. The number of carbonyl (C=O) groups excluding carboxylic acids is 2. The molecule has 5 nitrogen and oxygen atoms in total. The number of rotatable bonds is 3. The van der Waals surface area contributed by atoms with E-state index in [4.69, 9.17) is 4.74 Å². The second-order valence-corrected chi connectivity index (χ2v) is 7.49. The minimum Gasteiger partial charge on any atom is -0.444 e. The first-order valence-corrected chi connectivity index (χ1v) is 7.02. The molecule has 0 bridgehead atoms. The summed E-state index contributed by atoms with van der Waals surface area (Å²) in [6, 6.07) is -0.544. The largest absolute Gasteiger partial charge is 0.444 e. The highest BCUT2D eigenvalue weighted by Crippen LogP contribution is 2.22. The molecule has 20 heavy (non-hydrogen) atoms. The van der Waals surface area contributed by atoms with Crippen molar-refractivity contribution in [3.63, 3.8) is 0 Å². The summed E-state index contributed by atoms with van der Waals surface area (Å²) in [5, 5.41) is 2.70. The van der Waals surface area contributed by atoms with E-state index in [9.17, 15) is 9.59 Å². The fourth-order valence-electron chi connectivity index (χ4n) is 1.53. The van der Waals surface area contributed by atoms with Crippen molar-refractivity contribution in [1.29, 1.82) is 0 Å². The van der Waals surface area contributed by atoms with Crippen LogP contribution < -0.4 is 5.32 Å². The highest BCUT2D eigenvalue weighted by Gasteiger charge is 2.36. The summed E-state index contributed by atoms with van der Waals surface area (Å²) in [6.07, 6.45) is -0.567. The molecule has 118 valence electrons. The predicted octanol–water partition coefficient (Wildman–Crippen LogP) is 2.79. The fourth-order valence-corrected chi connectivity index (χ4v) is 1.53. The van der Waals surface area contributed by atoms with Crippen molar-refractivity contribution in [1.82, 2.24) is 10.2 Å². The Balaban J connectivity index is 5.02. The highest BCUT2D eigenvalue weighted by atomic mass is 16.6. The average molecular weight is 286 g/mol. The van der Waals surface area contributed by atoms with Gasteiger partial charge in [0.1, 0.15) is 11.6 Å². The van der Waals surface area contributed by atoms with Gasteiger partial charge in [0, 0.05) is 13.1 Å². The molecule has 0 heterocycles. The van der Waals surface area contributed by atoms with Gasteiger partial charge in [-0.25, -0.2) is 4.79 Å². The second kappa shape index (κ2) is 6.46. The van der Waals surface area contributed by atoms with E-state index in [1.54, 1.807) is 32.7 Å². The first-order valence-electron chi connectivity index (χ1n) is 7.02. The lowest BCUT2D eigenvalue weighted by Gasteiger charge is -2.35. The molecule has 0 fully saturated rings. The summed E-state index contributed by atoms with van der Waals surface area (Å²) in [4.78, 5) is 26.0. The normalized spacial score (nSPS) is 13.9. The monoisotopic (exact) mass is 286 g/mol. The van der Waals surface area contributed by atoms with E-state index < -0.39 is 23.2 Å². The lowest BCUT2D eigenvalue weighted by atomic mass is 9.85. The average Bonchev–Trinajstić information content (AvgIpc) is 2.19. The summed E-state index contributed by atoms with van der Waals surface area (Å²) in [5.74, 6) is -0.113. The Morgan fingerprint density at radius 2 is 1.50 bits per heavy atom. The molecule has 0 spiro atoms. The molecule has 2 amide bonds. The van der Waals surface area contributed by atoms with Gasteiger partial charge in [0.05, 0.1) is 0 Å². The molecule has 0 unspecified atom stereocenters. The van der Waals surface area contributed by atoms with Crippen LogP contribution in [0.15, 0.2) is 0 Å². The maximum absolute atomic E-state index is 12.5. The summed E-state index contributed by atoms with van der Waals surface area (Å²) < 4.78 is 5.23. The minimum absolute atomic E-state index is 0.0767. The summed E-state index contributed by atoms with van der Waals surface area (Å²) >= 11 is 0. The lowest BCUT2D eigenvalue weighted by Crippen LogP contribution is -2.55. The van der Waals surface area contributed by atoms with E-state index in [1.807, 2.05) is 34.6 Å². The molecule has 0 rings (SSSR count). The molecule has 1 atom stereocenters. The van der Waals surface area contributed by atoms with Gasteiger partial charge in [0.15, 0.2) is 0 Å². The number of nitrogens with zero attached hydrogens (tertiary/aromatic N) is 1. The van der Waals surface area contributed by atoms with Gasteiger partial charge in [0.2, 0.25) is 5.91 Å². The van der Waals surface area contributed by atoms with Crippen LogP contribution in [0.4, 0.5) is 4.79 Å². The van der Waals surface area contributed by atoms with Crippen LogP contribution in [0.25, 0.3) is 0 Å². The number of carbonyl (C=O) groups is 2. The number of nitrogens with one attached hydrogen (secondary N) is 1. The molecular weight excluding hydrogens is 256 g/mol. The number of alkyl carbamates (subject to hydrolysis) is 1. The van der Waals surface area contributed by atoms with E-state index >= 15 is 0 Å². The van der Waals surface area contributed by atoms with Crippen LogP contribution in [-0.2, 0) is 9.53 Å². The number of amides is 2. The van der Waals surface area contributed by atoms with Crippen LogP contribution >= 0.6 is 0 Å². The van der Waals surface area contributed by atoms with Gasteiger partial charge in [-0.05, 0) is 40.0 Å². The van der Waals surface area contributed by atoms with Crippen LogP contribution in [0, 0.1) is 5.41 Å². The Bertz CT molecular complexity index is 351. The number of ether oxygens (including phenoxy) is 1. The number of hydrogen-bond acceptors (Lipinski definition) is 3. The quantitative estimate of drug-likeness (QED) is 0.868. The zero-order chi connectivity index (χ0) is 16.3.